The van der Waals surface area contributed by atoms with Gasteiger partial charge in [0.25, 0.3) is 0 Å². The van der Waals surface area contributed by atoms with Gasteiger partial charge in [-0.05, 0) is 24.3 Å². The average molecular weight is 326 g/mol. The van der Waals surface area contributed by atoms with Crippen molar-refractivity contribution in [1.82, 2.24) is 0 Å². The molecule has 0 aromatic carbocycles. The predicted molar refractivity (Wildman–Crippen MR) is 98.9 cm³/mol. The van der Waals surface area contributed by atoms with Crippen LogP contribution >= 0.6 is 12.6 Å². The molecule has 0 aliphatic carbocycles. The van der Waals surface area contributed by atoms with Gasteiger partial charge in [0.1, 0.15) is 6.61 Å². The Hall–Kier alpha value is -0.810. The molecule has 0 fully saturated rings. The summed E-state index contributed by atoms with van der Waals surface area (Å²) in [6.07, 6.45) is 7.28. The highest BCUT2D eigenvalue weighted by atomic mass is 32.1. The minimum Gasteiger partial charge on any atom is -0.459 e. The number of thiol groups is 1. The van der Waals surface area contributed by atoms with Crippen LogP contribution in [0, 0.1) is 11.8 Å². The van der Waals surface area contributed by atoms with Crippen LogP contribution < -0.4 is 5.73 Å². The molecule has 1 aliphatic rings. The van der Waals surface area contributed by atoms with Gasteiger partial charge in [-0.25, -0.2) is 9.98 Å². The lowest BCUT2D eigenvalue weighted by Gasteiger charge is -2.24. The van der Waals surface area contributed by atoms with Gasteiger partial charge >= 0.3 is 6.02 Å². The first-order valence-electron chi connectivity index (χ1n) is 8.31. The van der Waals surface area contributed by atoms with Crippen LogP contribution in [-0.4, -0.2) is 30.3 Å². The molecular formula is C17H31N3OS. The van der Waals surface area contributed by atoms with Crippen molar-refractivity contribution in [2.24, 2.45) is 27.6 Å². The first-order valence-corrected chi connectivity index (χ1v) is 8.82. The average Bonchev–Trinajstić information content (AvgIpc) is 2.53. The van der Waals surface area contributed by atoms with E-state index in [1.807, 2.05) is 6.21 Å². The Morgan fingerprint density at radius 2 is 2.18 bits per heavy atom. The van der Waals surface area contributed by atoms with Crippen LogP contribution in [0.4, 0.5) is 0 Å². The number of hydrogen-bond acceptors (Lipinski definition) is 5. The summed E-state index contributed by atoms with van der Waals surface area (Å²) in [5.74, 6) is 0.968. The van der Waals surface area contributed by atoms with Gasteiger partial charge in [0.05, 0.1) is 11.4 Å². The molecule has 0 spiro atoms. The zero-order valence-corrected chi connectivity index (χ0v) is 15.1. The molecule has 3 unspecified atom stereocenters. The van der Waals surface area contributed by atoms with E-state index in [1.165, 1.54) is 19.3 Å². The van der Waals surface area contributed by atoms with E-state index in [-0.39, 0.29) is 17.3 Å². The monoisotopic (exact) mass is 325 g/mol. The Bertz CT molecular complexity index is 403. The van der Waals surface area contributed by atoms with Gasteiger partial charge in [-0.3, -0.25) is 0 Å². The number of nitrogens with two attached hydrogens (primary N) is 1. The molecule has 0 bridgehead atoms. The van der Waals surface area contributed by atoms with Crippen molar-refractivity contribution in [1.29, 1.82) is 0 Å². The van der Waals surface area contributed by atoms with Crippen LogP contribution in [-0.2, 0) is 4.74 Å². The molecule has 22 heavy (non-hydrogen) atoms. The fourth-order valence-corrected chi connectivity index (χ4v) is 2.64. The van der Waals surface area contributed by atoms with Crippen LogP contribution in [0.2, 0.25) is 0 Å². The van der Waals surface area contributed by atoms with E-state index < -0.39 is 0 Å². The smallest absolute Gasteiger partial charge is 0.311 e. The molecular weight excluding hydrogens is 294 g/mol. The van der Waals surface area contributed by atoms with E-state index in [9.17, 15) is 0 Å². The van der Waals surface area contributed by atoms with E-state index in [4.69, 9.17) is 10.5 Å². The molecule has 1 aliphatic heterocycles. The lowest BCUT2D eigenvalue weighted by Crippen LogP contribution is -2.33. The van der Waals surface area contributed by atoms with Gasteiger partial charge in [-0.2, -0.15) is 12.6 Å². The summed E-state index contributed by atoms with van der Waals surface area (Å²) in [5.41, 5.74) is 6.93. The number of amidine groups is 1. The Labute approximate surface area is 140 Å². The molecule has 4 nitrogen and oxygen atoms in total. The highest BCUT2D eigenvalue weighted by Crippen LogP contribution is 2.20. The molecule has 0 aromatic heterocycles. The summed E-state index contributed by atoms with van der Waals surface area (Å²) in [6, 6.07) is 0.540. The predicted octanol–water partition coefficient (Wildman–Crippen LogP) is 3.83. The van der Waals surface area contributed by atoms with Crippen molar-refractivity contribution in [3.8, 4) is 0 Å². The Morgan fingerprint density at radius 3 is 2.77 bits per heavy atom. The van der Waals surface area contributed by atoms with Crippen LogP contribution in [0.15, 0.2) is 22.1 Å². The maximum atomic E-state index is 5.82. The van der Waals surface area contributed by atoms with Crippen molar-refractivity contribution in [2.75, 3.05) is 6.61 Å². The van der Waals surface area contributed by atoms with E-state index in [0.29, 0.717) is 12.6 Å². The lowest BCUT2D eigenvalue weighted by molar-refractivity contribution is 0.315. The molecule has 0 saturated carbocycles. The topological polar surface area (TPSA) is 60.0 Å². The Morgan fingerprint density at radius 1 is 1.50 bits per heavy atom. The first kappa shape index (κ1) is 19.2. The van der Waals surface area contributed by atoms with E-state index in [0.717, 1.165) is 24.3 Å². The minimum atomic E-state index is -0.184. The molecule has 5 heteroatoms. The highest BCUT2D eigenvalue weighted by Gasteiger charge is 2.23. The molecule has 1 heterocycles. The van der Waals surface area contributed by atoms with Crippen molar-refractivity contribution in [3.63, 3.8) is 0 Å². The third kappa shape index (κ3) is 6.53. The summed E-state index contributed by atoms with van der Waals surface area (Å²) >= 11 is 4.29. The lowest BCUT2D eigenvalue weighted by atomic mass is 9.95. The van der Waals surface area contributed by atoms with Crippen LogP contribution in [0.3, 0.4) is 0 Å². The standard InChI is InChI=1S/C17H31N3OS/c1-5-14(6-2)8-7-12(3)11-21-17-19-10-9-15(20-17)13(4)16(18)22/h10,13-16,22H,3,5-9,11,18H2,1-2,4H3. The summed E-state index contributed by atoms with van der Waals surface area (Å²) in [7, 11) is 0. The maximum Gasteiger partial charge on any atom is 0.311 e. The number of nitrogens with zero attached hydrogens (tertiary/aromatic N) is 2. The Balaban J connectivity index is 2.40. The zero-order valence-electron chi connectivity index (χ0n) is 14.2. The molecule has 1 rings (SSSR count). The summed E-state index contributed by atoms with van der Waals surface area (Å²) in [4.78, 5) is 8.75. The van der Waals surface area contributed by atoms with Gasteiger partial charge < -0.3 is 10.5 Å². The van der Waals surface area contributed by atoms with Gasteiger partial charge in [0.15, 0.2) is 0 Å². The summed E-state index contributed by atoms with van der Waals surface area (Å²) in [6.45, 7) is 11.1. The van der Waals surface area contributed by atoms with E-state index in [2.05, 4.69) is 50.0 Å². The molecule has 2 N–H and O–H groups in total. The molecule has 126 valence electrons. The SMILES string of the molecule is C=C(CCC(CC)CC)COC1=NC(C(C)C(N)S)CC=N1. The molecule has 3 atom stereocenters. The Kier molecular flexibility index (Phi) is 8.79. The second kappa shape index (κ2) is 10.1. The van der Waals surface area contributed by atoms with Crippen molar-refractivity contribution in [2.45, 2.75) is 64.3 Å². The third-order valence-electron chi connectivity index (χ3n) is 4.44. The van der Waals surface area contributed by atoms with Gasteiger partial charge in [-0.1, -0.05) is 40.2 Å². The maximum absolute atomic E-state index is 5.82. The van der Waals surface area contributed by atoms with Crippen molar-refractivity contribution >= 4 is 24.9 Å². The first-order chi connectivity index (χ1) is 10.5. The van der Waals surface area contributed by atoms with Crippen molar-refractivity contribution in [3.05, 3.63) is 12.2 Å². The van der Waals surface area contributed by atoms with Gasteiger partial charge in [0.2, 0.25) is 0 Å². The zero-order chi connectivity index (χ0) is 16.5. The second-order valence-electron chi connectivity index (χ2n) is 6.14. The van der Waals surface area contributed by atoms with Crippen LogP contribution in [0.5, 0.6) is 0 Å². The van der Waals surface area contributed by atoms with E-state index >= 15 is 0 Å². The van der Waals surface area contributed by atoms with E-state index in [1.54, 1.807) is 0 Å². The molecule has 0 amide bonds. The second-order valence-corrected chi connectivity index (χ2v) is 6.73. The summed E-state index contributed by atoms with van der Waals surface area (Å²) < 4.78 is 5.69. The number of rotatable bonds is 9. The van der Waals surface area contributed by atoms with Gasteiger partial charge in [-0.15, -0.1) is 0 Å². The molecule has 0 radical (unpaired) electrons. The quantitative estimate of drug-likeness (QED) is 0.384. The summed E-state index contributed by atoms with van der Waals surface area (Å²) in [5, 5.41) is -0.184. The molecule has 0 saturated heterocycles. The normalized spacial score (nSPS) is 20.6. The number of aliphatic imine (C=N–C) groups is 2. The number of hydrogen-bond donors (Lipinski definition) is 2. The van der Waals surface area contributed by atoms with Crippen LogP contribution in [0.25, 0.3) is 0 Å². The number of ether oxygens (including phenoxy) is 1. The van der Waals surface area contributed by atoms with Gasteiger partial charge in [0, 0.05) is 18.6 Å². The van der Waals surface area contributed by atoms with Crippen molar-refractivity contribution < 1.29 is 4.74 Å². The van der Waals surface area contributed by atoms with Crippen LogP contribution in [0.1, 0.15) is 52.9 Å². The molecule has 0 aromatic rings. The highest BCUT2D eigenvalue weighted by molar-refractivity contribution is 7.80. The third-order valence-corrected chi connectivity index (χ3v) is 4.91. The minimum absolute atomic E-state index is 0.0952. The fourth-order valence-electron chi connectivity index (χ4n) is 2.45. The fraction of sp³-hybridized carbons (Fsp3) is 0.765. The largest absolute Gasteiger partial charge is 0.459 e.